The molecule has 1 atom stereocenters. The van der Waals surface area contributed by atoms with E-state index in [2.05, 4.69) is 23.3 Å². The highest BCUT2D eigenvalue weighted by molar-refractivity contribution is 5.92. The van der Waals surface area contributed by atoms with Crippen molar-refractivity contribution in [2.45, 2.75) is 64.3 Å². The number of nitrogens with one attached hydrogen (secondary N) is 1. The fraction of sp³-hybridized carbons (Fsp3) is 0.500. The summed E-state index contributed by atoms with van der Waals surface area (Å²) in [6.07, 6.45) is 10.0. The number of hydrogen-bond donors (Lipinski definition) is 3. The Labute approximate surface area is 233 Å². The Hall–Kier alpha value is -3.59. The van der Waals surface area contributed by atoms with Gasteiger partial charge in [0.25, 0.3) is 5.91 Å². The molecular formula is C30H46N4O5. The number of nitrogens with two attached hydrogens (primary N) is 2. The van der Waals surface area contributed by atoms with Gasteiger partial charge in [0.1, 0.15) is 12.0 Å². The minimum atomic E-state index is -0.405. The molecule has 0 bridgehead atoms. The maximum Gasteiger partial charge on any atom is 0.253 e. The minimum absolute atomic E-state index is 0.109. The van der Waals surface area contributed by atoms with Crippen molar-refractivity contribution in [3.63, 3.8) is 0 Å². The molecule has 0 heterocycles. The first-order chi connectivity index (χ1) is 18.8. The summed E-state index contributed by atoms with van der Waals surface area (Å²) in [5, 5.41) is 3.18. The Balaban J connectivity index is 0.000000305. The summed E-state index contributed by atoms with van der Waals surface area (Å²) in [5.41, 5.74) is 12.2. The van der Waals surface area contributed by atoms with Crippen LogP contribution in [-0.4, -0.2) is 46.5 Å². The van der Waals surface area contributed by atoms with Crippen LogP contribution in [0.4, 0.5) is 0 Å². The van der Waals surface area contributed by atoms with Gasteiger partial charge in [0.05, 0.1) is 27.8 Å². The predicted octanol–water partition coefficient (Wildman–Crippen LogP) is 4.57. The highest BCUT2D eigenvalue weighted by atomic mass is 16.5. The monoisotopic (exact) mass is 542 g/mol. The van der Waals surface area contributed by atoms with Gasteiger partial charge in [0.15, 0.2) is 17.5 Å². The van der Waals surface area contributed by atoms with Crippen molar-refractivity contribution >= 4 is 18.2 Å². The number of aliphatic imine (C=N–C) groups is 1. The molecule has 0 spiro atoms. The van der Waals surface area contributed by atoms with Crippen LogP contribution in [0.1, 0.15) is 69.0 Å². The zero-order valence-electron chi connectivity index (χ0n) is 24.1. The van der Waals surface area contributed by atoms with Crippen LogP contribution in [0.3, 0.4) is 0 Å². The van der Waals surface area contributed by atoms with Crippen molar-refractivity contribution in [3.8, 4) is 17.2 Å². The van der Waals surface area contributed by atoms with E-state index in [4.69, 9.17) is 25.7 Å². The zero-order chi connectivity index (χ0) is 29.0. The molecule has 0 radical (unpaired) electrons. The van der Waals surface area contributed by atoms with Crippen LogP contribution >= 0.6 is 0 Å². The van der Waals surface area contributed by atoms with Crippen molar-refractivity contribution in [1.82, 2.24) is 5.32 Å². The van der Waals surface area contributed by atoms with E-state index in [0.29, 0.717) is 17.5 Å². The third-order valence-corrected chi connectivity index (χ3v) is 6.50. The smallest absolute Gasteiger partial charge is 0.253 e. The molecule has 2 aromatic carbocycles. The van der Waals surface area contributed by atoms with Gasteiger partial charge in [-0.15, -0.1) is 0 Å². The molecular weight excluding hydrogens is 496 g/mol. The molecule has 1 fully saturated rings. The SMILES string of the molecule is CNC(C)c1cccc(OC)c1.COc1ccc(CC(=O)N=C(N)N)cc1OC.O=CCCC1CCCCC1. The highest BCUT2D eigenvalue weighted by Gasteiger charge is 2.12. The summed E-state index contributed by atoms with van der Waals surface area (Å²) in [5.74, 6) is 2.30. The number of aldehydes is 1. The molecule has 9 heteroatoms. The number of guanidine groups is 1. The van der Waals surface area contributed by atoms with E-state index in [-0.39, 0.29) is 12.4 Å². The largest absolute Gasteiger partial charge is 0.497 e. The molecule has 1 aliphatic carbocycles. The molecule has 5 N–H and O–H groups in total. The van der Waals surface area contributed by atoms with E-state index in [1.807, 2.05) is 25.2 Å². The van der Waals surface area contributed by atoms with Crippen molar-refractivity contribution in [3.05, 3.63) is 53.6 Å². The van der Waals surface area contributed by atoms with Gasteiger partial charge < -0.3 is 35.8 Å². The molecule has 1 aliphatic rings. The first-order valence-corrected chi connectivity index (χ1v) is 13.4. The second kappa shape index (κ2) is 19.5. The summed E-state index contributed by atoms with van der Waals surface area (Å²) in [6.45, 7) is 2.12. The van der Waals surface area contributed by atoms with Crippen LogP contribution in [0.25, 0.3) is 0 Å². The molecule has 1 saturated carbocycles. The second-order valence-electron chi connectivity index (χ2n) is 9.33. The van der Waals surface area contributed by atoms with Crippen molar-refractivity contribution in [2.24, 2.45) is 22.4 Å². The molecule has 9 nitrogen and oxygen atoms in total. The standard InChI is InChI=1S/C11H15N3O3.C10H15NO.C9H16O/c1-16-8-4-3-7(5-9(8)17-2)6-10(15)14-11(12)13;1-8(11-2)9-5-4-6-10(7-9)12-3;10-8-4-7-9-5-2-1-3-6-9/h3-5H,6H2,1-2H3,(H4,12,13,14,15);4-8,11H,1-3H3;8-9H,1-7H2. The average molecular weight is 543 g/mol. The first-order valence-electron chi connectivity index (χ1n) is 13.4. The summed E-state index contributed by atoms with van der Waals surface area (Å²) in [7, 11) is 6.70. The number of hydrogen-bond acceptors (Lipinski definition) is 6. The second-order valence-corrected chi connectivity index (χ2v) is 9.33. The lowest BCUT2D eigenvalue weighted by Gasteiger charge is -2.19. The Morgan fingerprint density at radius 1 is 1.03 bits per heavy atom. The third kappa shape index (κ3) is 13.7. The topological polar surface area (TPSA) is 138 Å². The lowest BCUT2D eigenvalue weighted by atomic mass is 9.86. The van der Waals surface area contributed by atoms with Gasteiger partial charge in [0, 0.05) is 12.5 Å². The Bertz CT molecular complexity index is 1020. The number of ether oxygens (including phenoxy) is 3. The van der Waals surface area contributed by atoms with E-state index < -0.39 is 5.91 Å². The third-order valence-electron chi connectivity index (χ3n) is 6.50. The highest BCUT2D eigenvalue weighted by Crippen LogP contribution is 2.28. The summed E-state index contributed by atoms with van der Waals surface area (Å²) < 4.78 is 15.3. The molecule has 0 saturated heterocycles. The molecule has 1 unspecified atom stereocenters. The molecule has 1 amide bonds. The van der Waals surface area contributed by atoms with Gasteiger partial charge in [0.2, 0.25) is 0 Å². The maximum atomic E-state index is 11.4. The number of carbonyl (C=O) groups excluding carboxylic acids is 2. The van der Waals surface area contributed by atoms with E-state index in [1.165, 1.54) is 44.8 Å². The number of methoxy groups -OCH3 is 3. The summed E-state index contributed by atoms with van der Waals surface area (Å²) in [6, 6.07) is 13.6. The lowest BCUT2D eigenvalue weighted by Crippen LogP contribution is -2.24. The molecule has 0 aromatic heterocycles. The predicted molar refractivity (Wildman–Crippen MR) is 156 cm³/mol. The molecule has 3 rings (SSSR count). The van der Waals surface area contributed by atoms with Crippen LogP contribution in [0, 0.1) is 5.92 Å². The number of benzene rings is 2. The van der Waals surface area contributed by atoms with Gasteiger partial charge in [-0.25, -0.2) is 0 Å². The van der Waals surface area contributed by atoms with Crippen molar-refractivity contribution in [1.29, 1.82) is 0 Å². The number of nitrogens with zero attached hydrogens (tertiary/aromatic N) is 1. The fourth-order valence-corrected chi connectivity index (χ4v) is 4.21. The Morgan fingerprint density at radius 2 is 1.72 bits per heavy atom. The molecule has 2 aromatic rings. The molecule has 39 heavy (non-hydrogen) atoms. The van der Waals surface area contributed by atoms with Crippen molar-refractivity contribution < 1.29 is 23.8 Å². The first kappa shape index (κ1) is 33.4. The quantitative estimate of drug-likeness (QED) is 0.225. The van der Waals surface area contributed by atoms with Crippen LogP contribution < -0.4 is 31.0 Å². The normalized spacial score (nSPS) is 13.4. The van der Waals surface area contributed by atoms with Crippen molar-refractivity contribution in [2.75, 3.05) is 28.4 Å². The number of carbonyl (C=O) groups is 2. The minimum Gasteiger partial charge on any atom is -0.497 e. The Kier molecular flexibility index (Phi) is 16.7. The van der Waals surface area contributed by atoms with Crippen LogP contribution in [-0.2, 0) is 16.0 Å². The van der Waals surface area contributed by atoms with E-state index >= 15 is 0 Å². The Morgan fingerprint density at radius 3 is 2.28 bits per heavy atom. The molecule has 216 valence electrons. The van der Waals surface area contributed by atoms with Gasteiger partial charge >= 0.3 is 0 Å². The molecule has 0 aliphatic heterocycles. The van der Waals surface area contributed by atoms with Gasteiger partial charge in [-0.3, -0.25) is 4.79 Å². The van der Waals surface area contributed by atoms with Crippen LogP contribution in [0.15, 0.2) is 47.5 Å². The van der Waals surface area contributed by atoms with Gasteiger partial charge in [-0.05, 0) is 61.7 Å². The van der Waals surface area contributed by atoms with Crippen LogP contribution in [0.5, 0.6) is 17.2 Å². The van der Waals surface area contributed by atoms with E-state index in [1.54, 1.807) is 32.4 Å². The van der Waals surface area contributed by atoms with Crippen LogP contribution in [0.2, 0.25) is 0 Å². The zero-order valence-corrected chi connectivity index (χ0v) is 24.1. The fourth-order valence-electron chi connectivity index (χ4n) is 4.21. The lowest BCUT2D eigenvalue weighted by molar-refractivity contribution is -0.117. The van der Waals surface area contributed by atoms with Gasteiger partial charge in [-0.1, -0.05) is 50.3 Å². The summed E-state index contributed by atoms with van der Waals surface area (Å²) in [4.78, 5) is 24.8. The number of amides is 1. The summed E-state index contributed by atoms with van der Waals surface area (Å²) >= 11 is 0. The average Bonchev–Trinajstić information content (AvgIpc) is 2.96. The van der Waals surface area contributed by atoms with Gasteiger partial charge in [-0.2, -0.15) is 4.99 Å². The number of rotatable bonds is 10. The van der Waals surface area contributed by atoms with E-state index in [0.717, 1.165) is 36.4 Å². The maximum absolute atomic E-state index is 11.4. The van der Waals surface area contributed by atoms with E-state index in [9.17, 15) is 9.59 Å².